The van der Waals surface area contributed by atoms with E-state index in [2.05, 4.69) is 5.32 Å². The van der Waals surface area contributed by atoms with Crippen molar-refractivity contribution in [3.8, 4) is 5.75 Å². The van der Waals surface area contributed by atoms with Gasteiger partial charge in [-0.1, -0.05) is 6.07 Å². The molecule has 1 unspecified atom stereocenters. The first-order valence-electron chi connectivity index (χ1n) is 8.06. The van der Waals surface area contributed by atoms with Crippen LogP contribution < -0.4 is 15.0 Å². The molecule has 1 aromatic rings. The van der Waals surface area contributed by atoms with Gasteiger partial charge in [-0.2, -0.15) is 0 Å². The molecule has 6 nitrogen and oxygen atoms in total. The molecular formula is C17H25N2O4+. The van der Waals surface area contributed by atoms with Gasteiger partial charge in [0.25, 0.3) is 5.91 Å². The SMILES string of the molecule is CCOC(=O)[C@H]1CCC[NH+](CC(=O)Nc2cccc(OC)c2)C1. The van der Waals surface area contributed by atoms with Gasteiger partial charge in [-0.25, -0.2) is 0 Å². The molecule has 23 heavy (non-hydrogen) atoms. The number of rotatable bonds is 6. The van der Waals surface area contributed by atoms with Gasteiger partial charge >= 0.3 is 5.97 Å². The smallest absolute Gasteiger partial charge is 0.314 e. The Morgan fingerprint density at radius 3 is 2.96 bits per heavy atom. The molecule has 6 heteroatoms. The number of methoxy groups -OCH3 is 1. The summed E-state index contributed by atoms with van der Waals surface area (Å²) in [5, 5.41) is 2.88. The van der Waals surface area contributed by atoms with Crippen LogP contribution in [-0.2, 0) is 14.3 Å². The number of likely N-dealkylation sites (tertiary alicyclic amines) is 1. The van der Waals surface area contributed by atoms with Gasteiger partial charge in [0.05, 0.1) is 26.8 Å². The third-order valence-electron chi connectivity index (χ3n) is 4.00. The van der Waals surface area contributed by atoms with Crippen LogP contribution >= 0.6 is 0 Å². The fourth-order valence-electron chi connectivity index (χ4n) is 2.91. The maximum atomic E-state index is 12.2. The Bertz CT molecular complexity index is 547. The lowest BCUT2D eigenvalue weighted by Gasteiger charge is -2.28. The molecule has 0 spiro atoms. The predicted molar refractivity (Wildman–Crippen MR) is 86.5 cm³/mol. The lowest BCUT2D eigenvalue weighted by atomic mass is 9.98. The van der Waals surface area contributed by atoms with Crippen LogP contribution in [0.1, 0.15) is 19.8 Å². The first-order valence-corrected chi connectivity index (χ1v) is 8.06. The lowest BCUT2D eigenvalue weighted by Crippen LogP contribution is -3.14. The molecule has 2 N–H and O–H groups in total. The number of hydrogen-bond donors (Lipinski definition) is 2. The molecule has 0 aromatic heterocycles. The fraction of sp³-hybridized carbons (Fsp3) is 0.529. The molecule has 1 heterocycles. The highest BCUT2D eigenvalue weighted by Gasteiger charge is 2.30. The van der Waals surface area contributed by atoms with Gasteiger partial charge < -0.3 is 19.7 Å². The van der Waals surface area contributed by atoms with E-state index in [-0.39, 0.29) is 17.8 Å². The molecule has 1 aromatic carbocycles. The van der Waals surface area contributed by atoms with Crippen molar-refractivity contribution < 1.29 is 24.0 Å². The van der Waals surface area contributed by atoms with E-state index in [0.717, 1.165) is 24.3 Å². The number of quaternary nitrogens is 1. The second-order valence-electron chi connectivity index (χ2n) is 5.75. The van der Waals surface area contributed by atoms with Crippen LogP contribution in [-0.4, -0.2) is 45.2 Å². The van der Waals surface area contributed by atoms with E-state index in [4.69, 9.17) is 9.47 Å². The molecule has 126 valence electrons. The lowest BCUT2D eigenvalue weighted by molar-refractivity contribution is -0.899. The Kier molecular flexibility index (Phi) is 6.40. The molecule has 1 aliphatic rings. The fourth-order valence-corrected chi connectivity index (χ4v) is 2.91. The standard InChI is InChI=1S/C17H24N2O4/c1-3-23-17(21)13-6-5-9-19(11-13)12-16(20)18-14-7-4-8-15(10-14)22-2/h4,7-8,10,13H,3,5-6,9,11-12H2,1-2H3,(H,18,20)/p+1/t13-/m0/s1. The monoisotopic (exact) mass is 321 g/mol. The van der Waals surface area contributed by atoms with E-state index < -0.39 is 0 Å². The summed E-state index contributed by atoms with van der Waals surface area (Å²) in [6.45, 7) is 4.13. The van der Waals surface area contributed by atoms with Crippen molar-refractivity contribution in [2.24, 2.45) is 5.92 Å². The molecule has 1 saturated heterocycles. The van der Waals surface area contributed by atoms with Crippen LogP contribution in [0.3, 0.4) is 0 Å². The van der Waals surface area contributed by atoms with Crippen molar-refractivity contribution in [2.45, 2.75) is 19.8 Å². The van der Waals surface area contributed by atoms with Gasteiger partial charge in [-0.3, -0.25) is 9.59 Å². The highest BCUT2D eigenvalue weighted by Crippen LogP contribution is 2.16. The van der Waals surface area contributed by atoms with Crippen molar-refractivity contribution in [2.75, 3.05) is 38.7 Å². The van der Waals surface area contributed by atoms with E-state index in [1.54, 1.807) is 13.2 Å². The first kappa shape index (κ1) is 17.3. The van der Waals surface area contributed by atoms with Crippen molar-refractivity contribution in [1.29, 1.82) is 0 Å². The van der Waals surface area contributed by atoms with Crippen LogP contribution in [0.25, 0.3) is 0 Å². The minimum Gasteiger partial charge on any atom is -0.497 e. The van der Waals surface area contributed by atoms with Crippen LogP contribution in [0.2, 0.25) is 0 Å². The maximum absolute atomic E-state index is 12.2. The summed E-state index contributed by atoms with van der Waals surface area (Å²) in [6.07, 6.45) is 1.78. The number of piperidine rings is 1. The highest BCUT2D eigenvalue weighted by molar-refractivity contribution is 5.91. The maximum Gasteiger partial charge on any atom is 0.314 e. The normalized spacial score (nSPS) is 20.6. The zero-order valence-corrected chi connectivity index (χ0v) is 13.8. The van der Waals surface area contributed by atoms with E-state index in [9.17, 15) is 9.59 Å². The Hall–Kier alpha value is -2.08. The summed E-state index contributed by atoms with van der Waals surface area (Å²) in [4.78, 5) is 25.2. The van der Waals surface area contributed by atoms with Crippen molar-refractivity contribution >= 4 is 17.6 Å². The average Bonchev–Trinajstić information content (AvgIpc) is 2.55. The van der Waals surface area contributed by atoms with Crippen LogP contribution in [0.4, 0.5) is 5.69 Å². The number of hydrogen-bond acceptors (Lipinski definition) is 4. The minimum absolute atomic E-state index is 0.0576. The summed E-state index contributed by atoms with van der Waals surface area (Å²) >= 11 is 0. The highest BCUT2D eigenvalue weighted by atomic mass is 16.5. The third-order valence-corrected chi connectivity index (χ3v) is 4.00. The zero-order valence-electron chi connectivity index (χ0n) is 13.8. The Morgan fingerprint density at radius 2 is 2.22 bits per heavy atom. The van der Waals surface area contributed by atoms with Crippen LogP contribution in [0.15, 0.2) is 24.3 Å². The average molecular weight is 321 g/mol. The summed E-state index contributed by atoms with van der Waals surface area (Å²) < 4.78 is 10.2. The van der Waals surface area contributed by atoms with Gasteiger partial charge in [0, 0.05) is 11.8 Å². The van der Waals surface area contributed by atoms with Crippen LogP contribution in [0, 0.1) is 5.92 Å². The quantitative estimate of drug-likeness (QED) is 0.748. The summed E-state index contributed by atoms with van der Waals surface area (Å²) in [6, 6.07) is 7.27. The molecule has 1 fully saturated rings. The molecule has 1 amide bonds. The largest absolute Gasteiger partial charge is 0.497 e. The van der Waals surface area contributed by atoms with E-state index >= 15 is 0 Å². The van der Waals surface area contributed by atoms with Crippen molar-refractivity contribution in [1.82, 2.24) is 0 Å². The molecule has 2 rings (SSSR count). The second-order valence-corrected chi connectivity index (χ2v) is 5.75. The molecular weight excluding hydrogens is 296 g/mol. The van der Waals surface area contributed by atoms with E-state index in [0.29, 0.717) is 31.1 Å². The number of anilines is 1. The Labute approximate surface area is 136 Å². The topological polar surface area (TPSA) is 69.1 Å². The summed E-state index contributed by atoms with van der Waals surface area (Å²) in [5.41, 5.74) is 0.715. The number of carbonyl (C=O) groups is 2. The van der Waals surface area contributed by atoms with Crippen LogP contribution in [0.5, 0.6) is 5.75 Å². The van der Waals surface area contributed by atoms with Gasteiger partial charge in [-0.05, 0) is 31.9 Å². The Morgan fingerprint density at radius 1 is 1.39 bits per heavy atom. The van der Waals surface area contributed by atoms with Gasteiger partial charge in [0.15, 0.2) is 6.54 Å². The summed E-state index contributed by atoms with van der Waals surface area (Å²) in [7, 11) is 1.59. The number of benzene rings is 1. The van der Waals surface area contributed by atoms with Crippen molar-refractivity contribution in [3.05, 3.63) is 24.3 Å². The third kappa shape index (κ3) is 5.25. The minimum atomic E-state index is -0.141. The number of nitrogens with one attached hydrogen (secondary N) is 2. The molecule has 0 aliphatic carbocycles. The number of amides is 1. The number of esters is 1. The second kappa shape index (κ2) is 8.53. The first-order chi connectivity index (χ1) is 11.1. The molecule has 0 saturated carbocycles. The molecule has 2 atom stereocenters. The summed E-state index contributed by atoms with van der Waals surface area (Å²) in [5.74, 6) is 0.412. The predicted octanol–water partition coefficient (Wildman–Crippen LogP) is 0.492. The van der Waals surface area contributed by atoms with E-state index in [1.165, 1.54) is 0 Å². The van der Waals surface area contributed by atoms with Gasteiger partial charge in [0.2, 0.25) is 0 Å². The number of ether oxygens (including phenoxy) is 2. The molecule has 1 aliphatic heterocycles. The van der Waals surface area contributed by atoms with Crippen molar-refractivity contribution in [3.63, 3.8) is 0 Å². The van der Waals surface area contributed by atoms with Gasteiger partial charge in [-0.15, -0.1) is 0 Å². The van der Waals surface area contributed by atoms with Gasteiger partial charge in [0.1, 0.15) is 11.7 Å². The number of carbonyl (C=O) groups excluding carboxylic acids is 2. The molecule has 0 bridgehead atoms. The Balaban J connectivity index is 1.85. The zero-order chi connectivity index (χ0) is 16.7. The molecule has 0 radical (unpaired) electrons. The van der Waals surface area contributed by atoms with E-state index in [1.807, 2.05) is 25.1 Å².